The highest BCUT2D eigenvalue weighted by atomic mass is 32.2. The van der Waals surface area contributed by atoms with Crippen LogP contribution < -0.4 is 5.32 Å². The predicted molar refractivity (Wildman–Crippen MR) is 73.1 cm³/mol. The van der Waals surface area contributed by atoms with Crippen LogP contribution in [-0.4, -0.2) is 31.9 Å². The van der Waals surface area contributed by atoms with Gasteiger partial charge in [-0.25, -0.2) is 8.42 Å². The molecule has 1 amide bonds. The second kappa shape index (κ2) is 5.55. The molecule has 19 heavy (non-hydrogen) atoms. The van der Waals surface area contributed by atoms with E-state index in [1.807, 2.05) is 17.5 Å². The molecule has 1 saturated heterocycles. The molecule has 100 valence electrons. The van der Waals surface area contributed by atoms with E-state index in [2.05, 4.69) is 5.32 Å². The molecule has 2 rings (SSSR count). The molecule has 0 aliphatic carbocycles. The highest BCUT2D eigenvalue weighted by molar-refractivity contribution is 7.91. The fourth-order valence-corrected chi connectivity index (χ4v) is 4.17. The Morgan fingerprint density at radius 2 is 2.37 bits per heavy atom. The Kier molecular flexibility index (Phi) is 4.02. The van der Waals surface area contributed by atoms with E-state index in [9.17, 15) is 13.2 Å². The number of rotatable bonds is 3. The Morgan fingerprint density at radius 1 is 1.58 bits per heavy atom. The van der Waals surface area contributed by atoms with Gasteiger partial charge in [0, 0.05) is 10.9 Å². The second-order valence-corrected chi connectivity index (χ2v) is 7.47. The number of amides is 1. The maximum Gasteiger partial charge on any atom is 0.262 e. The highest BCUT2D eigenvalue weighted by Gasteiger charge is 2.29. The van der Waals surface area contributed by atoms with Crippen LogP contribution in [0.4, 0.5) is 0 Å². The molecule has 0 aromatic carbocycles. The zero-order valence-corrected chi connectivity index (χ0v) is 11.6. The SMILES string of the molecule is N#C/C(=C\c1cccs1)C(=O)N[C@H]1CCS(=O)(=O)C1. The second-order valence-electron chi connectivity index (χ2n) is 4.26. The van der Waals surface area contributed by atoms with Gasteiger partial charge < -0.3 is 5.32 Å². The van der Waals surface area contributed by atoms with Crippen LogP contribution in [0.3, 0.4) is 0 Å². The quantitative estimate of drug-likeness (QED) is 0.665. The first-order chi connectivity index (χ1) is 9.00. The Bertz CT molecular complexity index is 639. The third-order valence-electron chi connectivity index (χ3n) is 2.76. The number of hydrogen-bond acceptors (Lipinski definition) is 5. The van der Waals surface area contributed by atoms with E-state index in [1.54, 1.807) is 6.07 Å². The molecule has 0 spiro atoms. The molecule has 1 aliphatic heterocycles. The summed E-state index contributed by atoms with van der Waals surface area (Å²) in [4.78, 5) is 12.7. The van der Waals surface area contributed by atoms with Crippen molar-refractivity contribution < 1.29 is 13.2 Å². The lowest BCUT2D eigenvalue weighted by molar-refractivity contribution is -0.117. The average molecular weight is 296 g/mol. The first kappa shape index (κ1) is 13.8. The van der Waals surface area contributed by atoms with Gasteiger partial charge in [-0.1, -0.05) is 6.07 Å². The lowest BCUT2D eigenvalue weighted by Crippen LogP contribution is -2.36. The van der Waals surface area contributed by atoms with Crippen molar-refractivity contribution in [2.45, 2.75) is 12.5 Å². The zero-order valence-electron chi connectivity index (χ0n) is 10.00. The molecule has 1 N–H and O–H groups in total. The van der Waals surface area contributed by atoms with Crippen molar-refractivity contribution in [2.24, 2.45) is 0 Å². The van der Waals surface area contributed by atoms with Gasteiger partial charge in [-0.2, -0.15) is 5.26 Å². The molecular weight excluding hydrogens is 284 g/mol. The van der Waals surface area contributed by atoms with Gasteiger partial charge in [-0.15, -0.1) is 11.3 Å². The molecule has 1 aliphatic rings. The fourth-order valence-electron chi connectivity index (χ4n) is 1.84. The maximum atomic E-state index is 11.9. The third-order valence-corrected chi connectivity index (χ3v) is 5.35. The third kappa shape index (κ3) is 3.66. The molecule has 0 saturated carbocycles. The van der Waals surface area contributed by atoms with Crippen LogP contribution in [0.5, 0.6) is 0 Å². The molecule has 1 aromatic rings. The lowest BCUT2D eigenvalue weighted by Gasteiger charge is -2.09. The minimum Gasteiger partial charge on any atom is -0.348 e. The molecule has 0 bridgehead atoms. The van der Waals surface area contributed by atoms with Gasteiger partial charge >= 0.3 is 0 Å². The monoisotopic (exact) mass is 296 g/mol. The van der Waals surface area contributed by atoms with Crippen molar-refractivity contribution in [1.29, 1.82) is 5.26 Å². The highest BCUT2D eigenvalue weighted by Crippen LogP contribution is 2.15. The van der Waals surface area contributed by atoms with Gasteiger partial charge in [0.1, 0.15) is 11.6 Å². The van der Waals surface area contributed by atoms with Crippen molar-refractivity contribution in [3.05, 3.63) is 28.0 Å². The van der Waals surface area contributed by atoms with Crippen LogP contribution >= 0.6 is 11.3 Å². The molecule has 5 nitrogen and oxygen atoms in total. The summed E-state index contributed by atoms with van der Waals surface area (Å²) in [5.41, 5.74) is -0.00764. The first-order valence-electron chi connectivity index (χ1n) is 5.67. The fraction of sp³-hybridized carbons (Fsp3) is 0.333. The van der Waals surface area contributed by atoms with Crippen molar-refractivity contribution in [2.75, 3.05) is 11.5 Å². The molecule has 1 fully saturated rings. The van der Waals surface area contributed by atoms with Crippen LogP contribution in [0.25, 0.3) is 6.08 Å². The maximum absolute atomic E-state index is 11.9. The lowest BCUT2D eigenvalue weighted by atomic mass is 10.2. The van der Waals surface area contributed by atoms with Gasteiger partial charge in [0.05, 0.1) is 11.5 Å². The van der Waals surface area contributed by atoms with Crippen molar-refractivity contribution in [3.63, 3.8) is 0 Å². The van der Waals surface area contributed by atoms with Gasteiger partial charge in [-0.3, -0.25) is 4.79 Å². The molecule has 0 radical (unpaired) electrons. The summed E-state index contributed by atoms with van der Waals surface area (Å²) in [7, 11) is -3.04. The van der Waals surface area contributed by atoms with E-state index in [1.165, 1.54) is 17.4 Å². The summed E-state index contributed by atoms with van der Waals surface area (Å²) in [5.74, 6) is -0.469. The number of carbonyl (C=O) groups is 1. The smallest absolute Gasteiger partial charge is 0.262 e. The number of hydrogen-bond donors (Lipinski definition) is 1. The summed E-state index contributed by atoms with van der Waals surface area (Å²) < 4.78 is 22.6. The number of nitriles is 1. The number of nitrogens with zero attached hydrogens (tertiary/aromatic N) is 1. The van der Waals surface area contributed by atoms with E-state index in [4.69, 9.17) is 5.26 Å². The summed E-state index contributed by atoms with van der Waals surface area (Å²) in [6.07, 6.45) is 1.91. The van der Waals surface area contributed by atoms with Crippen molar-refractivity contribution in [3.8, 4) is 6.07 Å². The van der Waals surface area contributed by atoms with Crippen LogP contribution in [-0.2, 0) is 14.6 Å². The summed E-state index contributed by atoms with van der Waals surface area (Å²) in [6.45, 7) is 0. The molecule has 7 heteroatoms. The number of carbonyl (C=O) groups excluding carboxylic acids is 1. The van der Waals surface area contributed by atoms with Crippen LogP contribution in [0.1, 0.15) is 11.3 Å². The minimum absolute atomic E-state index is 0.00764. The predicted octanol–water partition coefficient (Wildman–Crippen LogP) is 0.958. The van der Waals surface area contributed by atoms with Gasteiger partial charge in [0.25, 0.3) is 5.91 Å². The topological polar surface area (TPSA) is 87.0 Å². The van der Waals surface area contributed by atoms with Crippen LogP contribution in [0.2, 0.25) is 0 Å². The zero-order chi connectivity index (χ0) is 13.9. The van der Waals surface area contributed by atoms with Crippen LogP contribution in [0.15, 0.2) is 23.1 Å². The van der Waals surface area contributed by atoms with E-state index < -0.39 is 21.8 Å². The Balaban J connectivity index is 2.05. The Labute approximate surface area is 115 Å². The van der Waals surface area contributed by atoms with E-state index in [0.29, 0.717) is 6.42 Å². The largest absolute Gasteiger partial charge is 0.348 e. The molecule has 0 unspecified atom stereocenters. The number of thiophene rings is 1. The van der Waals surface area contributed by atoms with Crippen molar-refractivity contribution in [1.82, 2.24) is 5.32 Å². The molecule has 2 heterocycles. The Hall–Kier alpha value is -1.65. The van der Waals surface area contributed by atoms with Gasteiger partial charge in [0.15, 0.2) is 9.84 Å². The summed E-state index contributed by atoms with van der Waals surface area (Å²) in [5, 5.41) is 13.4. The Morgan fingerprint density at radius 3 is 2.89 bits per heavy atom. The van der Waals surface area contributed by atoms with E-state index in [0.717, 1.165) is 4.88 Å². The van der Waals surface area contributed by atoms with Gasteiger partial charge in [0.2, 0.25) is 0 Å². The van der Waals surface area contributed by atoms with Crippen molar-refractivity contribution >= 4 is 33.2 Å². The van der Waals surface area contributed by atoms with E-state index >= 15 is 0 Å². The number of sulfone groups is 1. The van der Waals surface area contributed by atoms with Crippen LogP contribution in [0, 0.1) is 11.3 Å². The standard InChI is InChI=1S/C12H12N2O3S2/c13-7-9(6-11-2-1-4-18-11)12(15)14-10-3-5-19(16,17)8-10/h1-2,4,6,10H,3,5,8H2,(H,14,15)/b9-6+/t10-/m0/s1. The summed E-state index contributed by atoms with van der Waals surface area (Å²) >= 11 is 1.42. The summed E-state index contributed by atoms with van der Waals surface area (Å²) in [6, 6.07) is 5.08. The molecule has 1 atom stereocenters. The number of nitrogens with one attached hydrogen (secondary N) is 1. The molecular formula is C12H12N2O3S2. The van der Waals surface area contributed by atoms with Gasteiger partial charge in [-0.05, 0) is 23.9 Å². The average Bonchev–Trinajstić information content (AvgIpc) is 2.95. The molecule has 1 aromatic heterocycles. The van der Waals surface area contributed by atoms with E-state index in [-0.39, 0.29) is 17.1 Å². The normalized spacial score (nSPS) is 21.8. The first-order valence-corrected chi connectivity index (χ1v) is 8.37. The minimum atomic E-state index is -3.04.